The van der Waals surface area contributed by atoms with Gasteiger partial charge >= 0.3 is 0 Å². The number of nitrogens with zero attached hydrogens (tertiary/aromatic N) is 3. The first-order valence-electron chi connectivity index (χ1n) is 3.20. The van der Waals surface area contributed by atoms with Crippen molar-refractivity contribution in [3.05, 3.63) is 0 Å². The monoisotopic (exact) mass is 156 g/mol. The van der Waals surface area contributed by atoms with Crippen molar-refractivity contribution in [2.75, 3.05) is 27.4 Å². The lowest BCUT2D eigenvalue weighted by Gasteiger charge is -1.98. The third-order valence-electron chi connectivity index (χ3n) is 1.09. The van der Waals surface area contributed by atoms with Gasteiger partial charge in [-0.1, -0.05) is 0 Å². The lowest BCUT2D eigenvalue weighted by atomic mass is 10.5. The Morgan fingerprint density at radius 2 is 1.45 bits per heavy atom. The van der Waals surface area contributed by atoms with Crippen molar-refractivity contribution < 1.29 is 9.47 Å². The molecule has 11 heavy (non-hydrogen) atoms. The molecule has 0 bridgehead atoms. The number of rotatable bonds is 4. The molecule has 0 spiro atoms. The molecule has 1 aliphatic heterocycles. The molecule has 1 radical (unpaired) electrons. The van der Waals surface area contributed by atoms with E-state index in [1.54, 1.807) is 14.2 Å². The van der Waals surface area contributed by atoms with Gasteiger partial charge in [-0.15, -0.1) is 10.2 Å². The molecule has 1 aliphatic rings. The first-order valence-corrected chi connectivity index (χ1v) is 3.20. The summed E-state index contributed by atoms with van der Waals surface area (Å²) in [7, 11) is 3.18. The van der Waals surface area contributed by atoms with Crippen LogP contribution in [0.3, 0.4) is 0 Å². The summed E-state index contributed by atoms with van der Waals surface area (Å²) in [5.41, 5.74) is 0. The molecule has 5 heteroatoms. The summed E-state index contributed by atoms with van der Waals surface area (Å²) < 4.78 is 9.63. The summed E-state index contributed by atoms with van der Waals surface area (Å²) in [6, 6.07) is 0. The Bertz CT molecular complexity index is 168. The fraction of sp³-hybridized carbons (Fsp3) is 0.667. The highest BCUT2D eigenvalue weighted by Gasteiger charge is 2.12. The standard InChI is InChI=1S/C6H10N3O2/c1-10-3-5-7-6(4-11-2)9-8-5/h3-4H2,1-2H3. The van der Waals surface area contributed by atoms with E-state index in [0.29, 0.717) is 24.9 Å². The van der Waals surface area contributed by atoms with Gasteiger partial charge in [0.25, 0.3) is 0 Å². The summed E-state index contributed by atoms with van der Waals surface area (Å²) in [6.07, 6.45) is 0. The molecular formula is C6H10N3O2. The molecule has 0 amide bonds. The Balaban J connectivity index is 2.27. The molecular weight excluding hydrogens is 146 g/mol. The highest BCUT2D eigenvalue weighted by Crippen LogP contribution is 1.92. The van der Waals surface area contributed by atoms with Gasteiger partial charge < -0.3 is 9.47 Å². The molecule has 0 N–H and O–H groups in total. The van der Waals surface area contributed by atoms with Crippen molar-refractivity contribution in [2.24, 2.45) is 10.2 Å². The van der Waals surface area contributed by atoms with Crippen LogP contribution in [0.5, 0.6) is 0 Å². The first-order chi connectivity index (χ1) is 5.36. The normalized spacial score (nSPS) is 15.8. The second kappa shape index (κ2) is 4.05. The zero-order valence-corrected chi connectivity index (χ0v) is 6.57. The average Bonchev–Trinajstić information content (AvgIpc) is 2.38. The van der Waals surface area contributed by atoms with E-state index in [9.17, 15) is 0 Å². The number of hydrogen-bond acceptors (Lipinski definition) is 4. The van der Waals surface area contributed by atoms with Crippen LogP contribution in [0.4, 0.5) is 0 Å². The Hall–Kier alpha value is -0.940. The van der Waals surface area contributed by atoms with Crippen LogP contribution in [-0.4, -0.2) is 39.1 Å². The van der Waals surface area contributed by atoms with Gasteiger partial charge in [-0.25, -0.2) is 5.32 Å². The van der Waals surface area contributed by atoms with Crippen molar-refractivity contribution in [3.8, 4) is 0 Å². The Morgan fingerprint density at radius 3 is 1.82 bits per heavy atom. The van der Waals surface area contributed by atoms with Gasteiger partial charge in [-0.05, 0) is 0 Å². The molecule has 0 aromatic rings. The number of ether oxygens (including phenoxy) is 2. The molecule has 0 fully saturated rings. The van der Waals surface area contributed by atoms with Gasteiger partial charge in [0.15, 0.2) is 11.7 Å². The van der Waals surface area contributed by atoms with E-state index in [-0.39, 0.29) is 0 Å². The summed E-state index contributed by atoms with van der Waals surface area (Å²) in [4.78, 5) is 0. The van der Waals surface area contributed by atoms with E-state index in [4.69, 9.17) is 9.47 Å². The third kappa shape index (κ3) is 2.28. The second-order valence-electron chi connectivity index (χ2n) is 2.01. The molecule has 0 aromatic carbocycles. The van der Waals surface area contributed by atoms with Gasteiger partial charge in [0.2, 0.25) is 0 Å². The first kappa shape index (κ1) is 8.16. The number of amidine groups is 2. The molecule has 0 aliphatic carbocycles. The highest BCUT2D eigenvalue weighted by atomic mass is 16.5. The molecule has 0 saturated heterocycles. The van der Waals surface area contributed by atoms with Gasteiger partial charge in [0.05, 0.1) is 0 Å². The molecule has 1 rings (SSSR count). The zero-order valence-electron chi connectivity index (χ0n) is 6.57. The second-order valence-corrected chi connectivity index (χ2v) is 2.01. The SMILES string of the molecule is COCC1=NN=C(COC)[N]1. The lowest BCUT2D eigenvalue weighted by molar-refractivity contribution is 0.240. The van der Waals surface area contributed by atoms with Gasteiger partial charge in [0, 0.05) is 14.2 Å². The Kier molecular flexibility index (Phi) is 3.00. The van der Waals surface area contributed by atoms with Gasteiger partial charge in [-0.2, -0.15) is 0 Å². The summed E-state index contributed by atoms with van der Waals surface area (Å²) >= 11 is 0. The molecule has 1 heterocycles. The van der Waals surface area contributed by atoms with Crippen LogP contribution in [-0.2, 0) is 9.47 Å². The molecule has 5 nitrogen and oxygen atoms in total. The number of hydrogen-bond donors (Lipinski definition) is 0. The summed E-state index contributed by atoms with van der Waals surface area (Å²) in [6.45, 7) is 0.799. The average molecular weight is 156 g/mol. The van der Waals surface area contributed by atoms with Crippen LogP contribution >= 0.6 is 0 Å². The Morgan fingerprint density at radius 1 is 1.00 bits per heavy atom. The maximum Gasteiger partial charge on any atom is 0.178 e. The van der Waals surface area contributed by atoms with E-state index >= 15 is 0 Å². The number of methoxy groups -OCH3 is 2. The van der Waals surface area contributed by atoms with E-state index in [0.717, 1.165) is 0 Å². The molecule has 0 saturated carbocycles. The van der Waals surface area contributed by atoms with Crippen LogP contribution in [0.2, 0.25) is 0 Å². The predicted molar refractivity (Wildman–Crippen MR) is 40.8 cm³/mol. The van der Waals surface area contributed by atoms with Crippen LogP contribution in [0.1, 0.15) is 0 Å². The maximum atomic E-state index is 4.81. The summed E-state index contributed by atoms with van der Waals surface area (Å²) in [5, 5.41) is 11.5. The lowest BCUT2D eigenvalue weighted by Crippen LogP contribution is -2.25. The largest absolute Gasteiger partial charge is 0.377 e. The predicted octanol–water partition coefficient (Wildman–Crippen LogP) is -0.391. The molecule has 0 aromatic heterocycles. The van der Waals surface area contributed by atoms with E-state index in [2.05, 4.69) is 15.5 Å². The minimum atomic E-state index is 0.400. The minimum absolute atomic E-state index is 0.400. The van der Waals surface area contributed by atoms with Crippen molar-refractivity contribution in [1.29, 1.82) is 0 Å². The molecule has 0 atom stereocenters. The van der Waals surface area contributed by atoms with Crippen LogP contribution < -0.4 is 5.32 Å². The quantitative estimate of drug-likeness (QED) is 0.556. The Labute approximate surface area is 65.1 Å². The van der Waals surface area contributed by atoms with Crippen LogP contribution in [0.15, 0.2) is 10.2 Å². The van der Waals surface area contributed by atoms with Crippen molar-refractivity contribution in [2.45, 2.75) is 0 Å². The van der Waals surface area contributed by atoms with Crippen molar-refractivity contribution in [1.82, 2.24) is 5.32 Å². The minimum Gasteiger partial charge on any atom is -0.377 e. The summed E-state index contributed by atoms with van der Waals surface area (Å²) in [5.74, 6) is 1.19. The van der Waals surface area contributed by atoms with Crippen LogP contribution in [0, 0.1) is 0 Å². The van der Waals surface area contributed by atoms with E-state index in [1.807, 2.05) is 0 Å². The van der Waals surface area contributed by atoms with Crippen molar-refractivity contribution >= 4 is 11.7 Å². The fourth-order valence-electron chi connectivity index (χ4n) is 0.690. The molecule has 61 valence electrons. The molecule has 0 unspecified atom stereocenters. The van der Waals surface area contributed by atoms with Gasteiger partial charge in [0.1, 0.15) is 13.2 Å². The van der Waals surface area contributed by atoms with Crippen molar-refractivity contribution in [3.63, 3.8) is 0 Å². The van der Waals surface area contributed by atoms with E-state index < -0.39 is 0 Å². The maximum absolute atomic E-state index is 4.81. The highest BCUT2D eigenvalue weighted by molar-refractivity contribution is 6.04. The van der Waals surface area contributed by atoms with Crippen LogP contribution in [0.25, 0.3) is 0 Å². The third-order valence-corrected chi connectivity index (χ3v) is 1.09. The van der Waals surface area contributed by atoms with E-state index in [1.165, 1.54) is 0 Å². The topological polar surface area (TPSA) is 57.3 Å². The smallest absolute Gasteiger partial charge is 0.178 e. The zero-order chi connectivity index (χ0) is 8.10. The van der Waals surface area contributed by atoms with Gasteiger partial charge in [-0.3, -0.25) is 0 Å². The fourth-order valence-corrected chi connectivity index (χ4v) is 0.690.